The van der Waals surface area contributed by atoms with Crippen LogP contribution in [0.15, 0.2) is 0 Å². The summed E-state index contributed by atoms with van der Waals surface area (Å²) in [5.41, 5.74) is 4.94. The smallest absolute Gasteiger partial charge is 0.329 e. The fourth-order valence-electron chi connectivity index (χ4n) is 6.24. The standard InChI is InChI=1S/C19H28N2O4/c1-11(16(20)22)25-17(23)15-3-2-4-21(15)18(24)19-8-12-5-13(9-19)7-14(6-12)10-19/h11-15H,2-10H2,1H3,(H2,20,22)/t11-,12?,13?,14?,15+,19?/m0/s1. The molecule has 1 heterocycles. The summed E-state index contributed by atoms with van der Waals surface area (Å²) in [6.07, 6.45) is 7.31. The third-order valence-electron chi connectivity index (χ3n) is 6.97. The van der Waals surface area contributed by atoms with Crippen LogP contribution >= 0.6 is 0 Å². The van der Waals surface area contributed by atoms with Gasteiger partial charge >= 0.3 is 5.97 Å². The summed E-state index contributed by atoms with van der Waals surface area (Å²) in [5.74, 6) is 1.10. The van der Waals surface area contributed by atoms with Gasteiger partial charge in [0.1, 0.15) is 6.04 Å². The molecule has 5 rings (SSSR count). The van der Waals surface area contributed by atoms with Crippen LogP contribution in [0.5, 0.6) is 0 Å². The molecule has 5 aliphatic rings. The van der Waals surface area contributed by atoms with Gasteiger partial charge in [-0.3, -0.25) is 9.59 Å². The van der Waals surface area contributed by atoms with Crippen molar-refractivity contribution in [2.75, 3.05) is 6.54 Å². The molecule has 6 heteroatoms. The Morgan fingerprint density at radius 2 is 1.64 bits per heavy atom. The van der Waals surface area contributed by atoms with Crippen LogP contribution in [0, 0.1) is 23.2 Å². The van der Waals surface area contributed by atoms with Crippen molar-refractivity contribution in [3.8, 4) is 0 Å². The summed E-state index contributed by atoms with van der Waals surface area (Å²) < 4.78 is 5.19. The SMILES string of the molecule is C[C@H](OC(=O)[C@H]1CCCN1C(=O)C12CC3CC(CC(C3)C1)C2)C(N)=O. The molecule has 0 aromatic rings. The largest absolute Gasteiger partial charge is 0.451 e. The normalized spacial score (nSPS) is 40.1. The van der Waals surface area contributed by atoms with E-state index in [0.29, 0.717) is 30.7 Å². The zero-order chi connectivity index (χ0) is 17.8. The molecule has 0 unspecified atom stereocenters. The molecular formula is C19H28N2O4. The lowest BCUT2D eigenvalue weighted by Gasteiger charge is -2.56. The van der Waals surface area contributed by atoms with Gasteiger partial charge in [0.05, 0.1) is 5.41 Å². The van der Waals surface area contributed by atoms with Crippen molar-refractivity contribution < 1.29 is 19.1 Å². The highest BCUT2D eigenvalue weighted by molar-refractivity contribution is 5.90. The molecule has 25 heavy (non-hydrogen) atoms. The van der Waals surface area contributed by atoms with E-state index in [-0.39, 0.29) is 11.3 Å². The summed E-state index contributed by atoms with van der Waals surface area (Å²) in [4.78, 5) is 38.9. The van der Waals surface area contributed by atoms with Gasteiger partial charge in [0.2, 0.25) is 5.91 Å². The summed E-state index contributed by atoms with van der Waals surface area (Å²) in [6.45, 7) is 2.09. The predicted octanol–water partition coefficient (Wildman–Crippen LogP) is 1.61. The summed E-state index contributed by atoms with van der Waals surface area (Å²) in [7, 11) is 0. The van der Waals surface area contributed by atoms with Crippen LogP contribution in [0.4, 0.5) is 0 Å². The molecule has 4 aliphatic carbocycles. The number of hydrogen-bond acceptors (Lipinski definition) is 4. The van der Waals surface area contributed by atoms with E-state index in [4.69, 9.17) is 10.5 Å². The zero-order valence-corrected chi connectivity index (χ0v) is 14.9. The number of esters is 1. The van der Waals surface area contributed by atoms with Crippen LogP contribution in [-0.4, -0.2) is 41.4 Å². The quantitative estimate of drug-likeness (QED) is 0.782. The lowest BCUT2D eigenvalue weighted by atomic mass is 9.49. The maximum Gasteiger partial charge on any atom is 0.329 e. The van der Waals surface area contributed by atoms with Crippen molar-refractivity contribution in [1.82, 2.24) is 4.90 Å². The Labute approximate surface area is 148 Å². The zero-order valence-electron chi connectivity index (χ0n) is 14.9. The van der Waals surface area contributed by atoms with Crippen molar-refractivity contribution in [1.29, 1.82) is 0 Å². The first-order valence-electron chi connectivity index (χ1n) is 9.69. The number of hydrogen-bond donors (Lipinski definition) is 1. The third kappa shape index (κ3) is 2.83. The van der Waals surface area contributed by atoms with Crippen molar-refractivity contribution in [3.63, 3.8) is 0 Å². The minimum atomic E-state index is -0.954. The van der Waals surface area contributed by atoms with Crippen LogP contribution in [0.3, 0.4) is 0 Å². The van der Waals surface area contributed by atoms with E-state index < -0.39 is 24.0 Å². The number of carbonyl (C=O) groups is 3. The molecule has 1 saturated heterocycles. The third-order valence-corrected chi connectivity index (χ3v) is 6.97. The highest BCUT2D eigenvalue weighted by Gasteiger charge is 2.57. The maximum atomic E-state index is 13.5. The van der Waals surface area contributed by atoms with E-state index in [1.165, 1.54) is 26.2 Å². The maximum absolute atomic E-state index is 13.5. The fraction of sp³-hybridized carbons (Fsp3) is 0.842. The van der Waals surface area contributed by atoms with Gasteiger partial charge in [0.15, 0.2) is 6.10 Å². The molecule has 4 saturated carbocycles. The molecule has 2 amide bonds. The van der Waals surface area contributed by atoms with Crippen molar-refractivity contribution in [2.24, 2.45) is 28.9 Å². The lowest BCUT2D eigenvalue weighted by Crippen LogP contribution is -2.56. The molecule has 0 spiro atoms. The second-order valence-corrected chi connectivity index (χ2v) is 8.84. The molecule has 0 radical (unpaired) electrons. The Balaban J connectivity index is 1.49. The molecular weight excluding hydrogens is 320 g/mol. The number of carbonyl (C=O) groups excluding carboxylic acids is 3. The van der Waals surface area contributed by atoms with Gasteiger partial charge in [0.25, 0.3) is 5.91 Å². The van der Waals surface area contributed by atoms with Crippen molar-refractivity contribution >= 4 is 17.8 Å². The summed E-state index contributed by atoms with van der Waals surface area (Å²) >= 11 is 0. The van der Waals surface area contributed by atoms with Crippen LogP contribution in [0.25, 0.3) is 0 Å². The number of ether oxygens (including phenoxy) is 1. The Hall–Kier alpha value is -1.59. The first-order valence-corrected chi connectivity index (χ1v) is 9.69. The Morgan fingerprint density at radius 3 is 2.16 bits per heavy atom. The van der Waals surface area contributed by atoms with Crippen LogP contribution in [-0.2, 0) is 19.1 Å². The van der Waals surface area contributed by atoms with Gasteiger partial charge in [-0.25, -0.2) is 4.79 Å². The lowest BCUT2D eigenvalue weighted by molar-refractivity contribution is -0.168. The van der Waals surface area contributed by atoms with E-state index in [1.807, 2.05) is 0 Å². The predicted molar refractivity (Wildman–Crippen MR) is 90.1 cm³/mol. The second kappa shape index (κ2) is 5.99. The molecule has 0 aromatic carbocycles. The topological polar surface area (TPSA) is 89.7 Å². The monoisotopic (exact) mass is 348 g/mol. The highest BCUT2D eigenvalue weighted by Crippen LogP contribution is 2.60. The van der Waals surface area contributed by atoms with Gasteiger partial charge < -0.3 is 15.4 Å². The van der Waals surface area contributed by atoms with Gasteiger partial charge in [0, 0.05) is 6.54 Å². The number of amides is 2. The number of primary amides is 1. The summed E-state index contributed by atoms with van der Waals surface area (Å²) in [5, 5.41) is 0. The minimum absolute atomic E-state index is 0.165. The molecule has 0 aromatic heterocycles. The number of rotatable bonds is 4. The molecule has 2 atom stereocenters. The van der Waals surface area contributed by atoms with E-state index in [9.17, 15) is 14.4 Å². The van der Waals surface area contributed by atoms with E-state index in [1.54, 1.807) is 4.90 Å². The number of nitrogens with zero attached hydrogens (tertiary/aromatic N) is 1. The van der Waals surface area contributed by atoms with Crippen LogP contribution in [0.2, 0.25) is 0 Å². The van der Waals surface area contributed by atoms with Gasteiger partial charge in [-0.1, -0.05) is 0 Å². The molecule has 5 fully saturated rings. The molecule has 6 nitrogen and oxygen atoms in total. The van der Waals surface area contributed by atoms with E-state index in [2.05, 4.69) is 0 Å². The van der Waals surface area contributed by atoms with Gasteiger partial charge in [-0.05, 0) is 76.0 Å². The fourth-order valence-corrected chi connectivity index (χ4v) is 6.24. The average molecular weight is 348 g/mol. The van der Waals surface area contributed by atoms with Crippen molar-refractivity contribution in [3.05, 3.63) is 0 Å². The Morgan fingerprint density at radius 1 is 1.08 bits per heavy atom. The molecule has 138 valence electrons. The number of nitrogens with two attached hydrogens (primary N) is 1. The van der Waals surface area contributed by atoms with E-state index >= 15 is 0 Å². The second-order valence-electron chi connectivity index (χ2n) is 8.84. The molecule has 4 bridgehead atoms. The Kier molecular flexibility index (Phi) is 4.04. The first-order chi connectivity index (χ1) is 11.9. The van der Waals surface area contributed by atoms with Gasteiger partial charge in [-0.15, -0.1) is 0 Å². The van der Waals surface area contributed by atoms with E-state index in [0.717, 1.165) is 25.7 Å². The number of likely N-dealkylation sites (tertiary alicyclic amines) is 1. The van der Waals surface area contributed by atoms with Gasteiger partial charge in [-0.2, -0.15) is 0 Å². The Bertz CT molecular complexity index is 567. The molecule has 1 aliphatic heterocycles. The highest BCUT2D eigenvalue weighted by atomic mass is 16.5. The average Bonchev–Trinajstić information content (AvgIpc) is 3.02. The molecule has 2 N–H and O–H groups in total. The van der Waals surface area contributed by atoms with Crippen molar-refractivity contribution in [2.45, 2.75) is 70.4 Å². The van der Waals surface area contributed by atoms with Crippen LogP contribution < -0.4 is 5.73 Å². The first kappa shape index (κ1) is 16.9. The van der Waals surface area contributed by atoms with Crippen LogP contribution in [0.1, 0.15) is 58.3 Å². The minimum Gasteiger partial charge on any atom is -0.451 e. The summed E-state index contributed by atoms with van der Waals surface area (Å²) in [6, 6.07) is -0.553.